The van der Waals surface area contributed by atoms with Gasteiger partial charge in [-0.15, -0.1) is 0 Å². The van der Waals surface area contributed by atoms with E-state index in [1.165, 1.54) is 6.07 Å². The van der Waals surface area contributed by atoms with Crippen LogP contribution in [0, 0.1) is 11.2 Å². The van der Waals surface area contributed by atoms with Crippen molar-refractivity contribution in [2.45, 2.75) is 31.4 Å². The number of hydrazine groups is 1. The Kier molecular flexibility index (Phi) is 8.30. The second-order valence-corrected chi connectivity index (χ2v) is 9.46. The molecular weight excluding hydrogens is 473 g/mol. The second-order valence-electron chi connectivity index (χ2n) is 9.46. The molecular formula is C27H36FN7O2. The number of nitrogens with one attached hydrogen (secondary N) is 4. The third-order valence-corrected chi connectivity index (χ3v) is 6.65. The molecule has 0 spiro atoms. The molecule has 2 aliphatic heterocycles. The molecule has 1 saturated heterocycles. The summed E-state index contributed by atoms with van der Waals surface area (Å²) in [4.78, 5) is 8.63. The number of methoxy groups -OCH3 is 1. The molecule has 0 radical (unpaired) electrons. The molecule has 9 nitrogen and oxygen atoms in total. The van der Waals surface area contributed by atoms with E-state index in [0.717, 1.165) is 29.9 Å². The predicted molar refractivity (Wildman–Crippen MR) is 145 cm³/mol. The zero-order valence-electron chi connectivity index (χ0n) is 21.5. The van der Waals surface area contributed by atoms with Crippen molar-refractivity contribution in [3.8, 4) is 5.75 Å². The van der Waals surface area contributed by atoms with E-state index in [1.54, 1.807) is 37.7 Å². The van der Waals surface area contributed by atoms with E-state index in [0.29, 0.717) is 44.3 Å². The zero-order valence-corrected chi connectivity index (χ0v) is 21.5. The summed E-state index contributed by atoms with van der Waals surface area (Å²) in [5.41, 5.74) is 8.16. The van der Waals surface area contributed by atoms with Crippen molar-refractivity contribution in [1.82, 2.24) is 20.5 Å². The molecule has 1 aromatic carbocycles. The lowest BCUT2D eigenvalue weighted by Crippen LogP contribution is -2.50. The Balaban J connectivity index is 1.45. The molecule has 198 valence electrons. The molecule has 2 heterocycles. The Bertz CT molecular complexity index is 1120. The van der Waals surface area contributed by atoms with Crippen LogP contribution in [0.4, 0.5) is 10.1 Å². The average molecular weight is 510 g/mol. The van der Waals surface area contributed by atoms with Gasteiger partial charge in [0.15, 0.2) is 11.6 Å². The standard InChI is InChI=1S/C27H36FN7O2/c1-5-25(31-10-7-15-36-4)35-13-11-34(12-14-35)24(29)18-22(30-6-2)26-19-16-23(37-27(3)8-9-27)20(28)17-21(19)32-33-26/h5-7,10,16-18,26,29-30,32-33H,1-2,8-9,11-15H2,3-4H3/b10-7-,22-18?,29-24?,31-25?/t26-/m1/s1. The first-order valence-corrected chi connectivity index (χ1v) is 12.4. The highest BCUT2D eigenvalue weighted by molar-refractivity contribution is 5.94. The third kappa shape index (κ3) is 6.39. The fraction of sp³-hybridized carbons (Fsp3) is 0.407. The van der Waals surface area contributed by atoms with E-state index in [4.69, 9.17) is 14.9 Å². The fourth-order valence-electron chi connectivity index (χ4n) is 4.28. The summed E-state index contributed by atoms with van der Waals surface area (Å²) in [5, 5.41) is 11.9. The highest BCUT2D eigenvalue weighted by Crippen LogP contribution is 2.43. The first-order valence-electron chi connectivity index (χ1n) is 12.4. The smallest absolute Gasteiger partial charge is 0.167 e. The van der Waals surface area contributed by atoms with Crippen LogP contribution in [0.25, 0.3) is 0 Å². The topological polar surface area (TPSA) is 97.2 Å². The van der Waals surface area contributed by atoms with Crippen LogP contribution in [-0.2, 0) is 4.74 Å². The number of piperazine rings is 1. The molecule has 4 rings (SSSR count). The molecule has 2 fully saturated rings. The number of hydrogen-bond acceptors (Lipinski definition) is 7. The zero-order chi connectivity index (χ0) is 26.4. The molecule has 37 heavy (non-hydrogen) atoms. The molecule has 1 saturated carbocycles. The molecule has 10 heteroatoms. The van der Waals surface area contributed by atoms with Crippen molar-refractivity contribution in [3.05, 3.63) is 73.0 Å². The minimum absolute atomic E-state index is 0.246. The number of benzene rings is 1. The van der Waals surface area contributed by atoms with E-state index < -0.39 is 5.82 Å². The van der Waals surface area contributed by atoms with Gasteiger partial charge in [-0.25, -0.2) is 14.8 Å². The Morgan fingerprint density at radius 1 is 1.27 bits per heavy atom. The van der Waals surface area contributed by atoms with Gasteiger partial charge in [-0.05, 0) is 44.2 Å². The maximum Gasteiger partial charge on any atom is 0.167 e. The molecule has 1 aromatic rings. The number of hydrogen-bond donors (Lipinski definition) is 4. The predicted octanol–water partition coefficient (Wildman–Crippen LogP) is 3.68. The molecule has 1 aliphatic carbocycles. The Morgan fingerprint density at radius 2 is 2.00 bits per heavy atom. The monoisotopic (exact) mass is 509 g/mol. The summed E-state index contributed by atoms with van der Waals surface area (Å²) in [5.74, 6) is 1.02. The van der Waals surface area contributed by atoms with Gasteiger partial charge in [-0.1, -0.05) is 13.2 Å². The molecule has 3 aliphatic rings. The number of halogens is 1. The summed E-state index contributed by atoms with van der Waals surface area (Å²) in [6, 6.07) is 2.86. The van der Waals surface area contributed by atoms with Crippen molar-refractivity contribution >= 4 is 17.4 Å². The largest absolute Gasteiger partial charge is 0.484 e. The van der Waals surface area contributed by atoms with Crippen LogP contribution in [0.1, 0.15) is 31.4 Å². The maximum atomic E-state index is 14.6. The number of rotatable bonds is 10. The van der Waals surface area contributed by atoms with Crippen LogP contribution < -0.4 is 20.9 Å². The van der Waals surface area contributed by atoms with Crippen LogP contribution in [0.2, 0.25) is 0 Å². The second kappa shape index (κ2) is 11.6. The van der Waals surface area contributed by atoms with Crippen molar-refractivity contribution < 1.29 is 13.9 Å². The van der Waals surface area contributed by atoms with E-state index in [1.807, 2.05) is 17.9 Å². The summed E-state index contributed by atoms with van der Waals surface area (Å²) in [6.45, 7) is 12.9. The van der Waals surface area contributed by atoms with Gasteiger partial charge < -0.3 is 30.0 Å². The van der Waals surface area contributed by atoms with Crippen molar-refractivity contribution in [3.63, 3.8) is 0 Å². The number of fused-ring (bicyclic) bond motifs is 1. The van der Waals surface area contributed by atoms with Gasteiger partial charge in [-0.2, -0.15) is 0 Å². The van der Waals surface area contributed by atoms with Gasteiger partial charge >= 0.3 is 0 Å². The van der Waals surface area contributed by atoms with Gasteiger partial charge in [0.1, 0.15) is 17.3 Å². The lowest BCUT2D eigenvalue weighted by molar-refractivity contribution is 0.191. The highest BCUT2D eigenvalue weighted by atomic mass is 19.1. The average Bonchev–Trinajstić information content (AvgIpc) is 3.48. The van der Waals surface area contributed by atoms with E-state index in [2.05, 4.69) is 39.2 Å². The lowest BCUT2D eigenvalue weighted by Gasteiger charge is -2.36. The van der Waals surface area contributed by atoms with Crippen LogP contribution in [-0.4, -0.2) is 67.0 Å². The van der Waals surface area contributed by atoms with Crippen molar-refractivity contribution in [2.75, 3.05) is 45.3 Å². The van der Waals surface area contributed by atoms with Gasteiger partial charge in [0, 0.05) is 62.9 Å². The minimum Gasteiger partial charge on any atom is -0.484 e. The van der Waals surface area contributed by atoms with E-state index in [-0.39, 0.29) is 17.4 Å². The third-order valence-electron chi connectivity index (χ3n) is 6.65. The van der Waals surface area contributed by atoms with Gasteiger partial charge in [0.2, 0.25) is 0 Å². The Morgan fingerprint density at radius 3 is 2.65 bits per heavy atom. The summed E-state index contributed by atoms with van der Waals surface area (Å²) < 4.78 is 25.6. The van der Waals surface area contributed by atoms with E-state index in [9.17, 15) is 4.39 Å². The Hall–Kier alpha value is -3.63. The van der Waals surface area contributed by atoms with Crippen molar-refractivity contribution in [2.24, 2.45) is 4.99 Å². The molecule has 0 aromatic heterocycles. The number of ether oxygens (including phenoxy) is 2. The first-order chi connectivity index (χ1) is 17.9. The minimum atomic E-state index is -0.397. The molecule has 0 unspecified atom stereocenters. The number of anilines is 1. The number of aliphatic imine (C=N–C) groups is 1. The normalized spacial score (nSPS) is 20.9. The Labute approximate surface area is 217 Å². The van der Waals surface area contributed by atoms with Crippen LogP contribution in [0.5, 0.6) is 5.75 Å². The number of nitrogens with zero attached hydrogens (tertiary/aromatic N) is 3. The summed E-state index contributed by atoms with van der Waals surface area (Å²) in [7, 11) is 1.64. The SMILES string of the molecule is C=CNC(=CC(=N)N1CCN(C(C=C)=N/C=C\COC)CC1)[C@@H]1NNc2cc(F)c(OC3(C)CC3)cc21. The fourth-order valence-corrected chi connectivity index (χ4v) is 4.28. The molecule has 0 bridgehead atoms. The highest BCUT2D eigenvalue weighted by Gasteiger charge is 2.41. The van der Waals surface area contributed by atoms with Gasteiger partial charge in [0.25, 0.3) is 0 Å². The molecule has 1 atom stereocenters. The van der Waals surface area contributed by atoms with Gasteiger partial charge in [-0.3, -0.25) is 5.41 Å². The van der Waals surface area contributed by atoms with Crippen molar-refractivity contribution in [1.29, 1.82) is 5.41 Å². The lowest BCUT2D eigenvalue weighted by atomic mass is 10.0. The summed E-state index contributed by atoms with van der Waals surface area (Å²) >= 11 is 0. The van der Waals surface area contributed by atoms with Gasteiger partial charge in [0.05, 0.1) is 18.3 Å². The first kappa shape index (κ1) is 26.4. The molecule has 0 amide bonds. The van der Waals surface area contributed by atoms with E-state index >= 15 is 0 Å². The number of amidine groups is 2. The van der Waals surface area contributed by atoms with Crippen LogP contribution in [0.15, 0.2) is 66.6 Å². The molecule has 4 N–H and O–H groups in total. The summed E-state index contributed by atoms with van der Waals surface area (Å²) in [6.07, 6.45) is 10.5. The quantitative estimate of drug-likeness (QED) is 0.282. The maximum absolute atomic E-state index is 14.6. The van der Waals surface area contributed by atoms with Crippen LogP contribution in [0.3, 0.4) is 0 Å². The van der Waals surface area contributed by atoms with Crippen LogP contribution >= 0.6 is 0 Å².